The number of carbonyl (C=O) groups excluding carboxylic acids is 1. The largest absolute Gasteiger partial charge is 0.347 e. The molecule has 0 aromatic carbocycles. The van der Waals surface area contributed by atoms with Crippen LogP contribution in [0.4, 0.5) is 0 Å². The maximum Gasteiger partial charge on any atom is 0.271 e. The van der Waals surface area contributed by atoms with Gasteiger partial charge in [0, 0.05) is 30.6 Å². The van der Waals surface area contributed by atoms with Crippen molar-refractivity contribution < 1.29 is 4.79 Å². The van der Waals surface area contributed by atoms with Crippen LogP contribution in [0, 0.1) is 6.92 Å². The molecule has 1 N–H and O–H groups in total. The van der Waals surface area contributed by atoms with Gasteiger partial charge in [-0.2, -0.15) is 0 Å². The van der Waals surface area contributed by atoms with Crippen LogP contribution in [0.5, 0.6) is 0 Å². The van der Waals surface area contributed by atoms with E-state index in [1.807, 2.05) is 12.3 Å². The van der Waals surface area contributed by atoms with Crippen LogP contribution in [0.3, 0.4) is 0 Å². The fourth-order valence-electron chi connectivity index (χ4n) is 2.40. The van der Waals surface area contributed by atoms with Crippen molar-refractivity contribution in [3.05, 3.63) is 16.1 Å². The Morgan fingerprint density at radius 1 is 1.53 bits per heavy atom. The maximum atomic E-state index is 11.9. The Morgan fingerprint density at radius 3 is 3.00 bits per heavy atom. The number of hydrogen-bond acceptors (Lipinski definition) is 4. The Kier molecular flexibility index (Phi) is 2.88. The summed E-state index contributed by atoms with van der Waals surface area (Å²) in [6, 6.07) is 1.11. The molecule has 2 aliphatic rings. The van der Waals surface area contributed by atoms with E-state index in [1.54, 1.807) is 0 Å². The van der Waals surface area contributed by atoms with Gasteiger partial charge in [0.25, 0.3) is 5.91 Å². The van der Waals surface area contributed by atoms with Crippen molar-refractivity contribution in [2.24, 2.45) is 0 Å². The molecule has 1 aliphatic heterocycles. The molecule has 1 saturated heterocycles. The smallest absolute Gasteiger partial charge is 0.271 e. The number of likely N-dealkylation sites (tertiary alicyclic amines) is 1. The lowest BCUT2D eigenvalue weighted by Crippen LogP contribution is -2.37. The molecular weight excluding hydrogens is 234 g/mol. The Labute approximate surface area is 105 Å². The van der Waals surface area contributed by atoms with Gasteiger partial charge in [-0.25, -0.2) is 4.98 Å². The molecule has 2 fully saturated rings. The number of nitrogens with zero attached hydrogens (tertiary/aromatic N) is 2. The number of nitrogens with one attached hydrogen (secondary N) is 1. The first kappa shape index (κ1) is 11.2. The number of thiazole rings is 1. The first-order valence-electron chi connectivity index (χ1n) is 6.19. The van der Waals surface area contributed by atoms with Crippen LogP contribution in [-0.4, -0.2) is 41.0 Å². The van der Waals surface area contributed by atoms with Gasteiger partial charge in [-0.15, -0.1) is 11.3 Å². The summed E-state index contributed by atoms with van der Waals surface area (Å²) in [5, 5.41) is 5.86. The third kappa shape index (κ3) is 2.50. The van der Waals surface area contributed by atoms with Gasteiger partial charge in [-0.05, 0) is 26.2 Å². The summed E-state index contributed by atoms with van der Waals surface area (Å²) in [6.07, 6.45) is 3.75. The lowest BCUT2D eigenvalue weighted by Gasteiger charge is -2.15. The molecule has 2 heterocycles. The van der Waals surface area contributed by atoms with Crippen molar-refractivity contribution >= 4 is 17.2 Å². The van der Waals surface area contributed by atoms with Crippen LogP contribution < -0.4 is 5.32 Å². The van der Waals surface area contributed by atoms with Gasteiger partial charge in [0.15, 0.2) is 0 Å². The van der Waals surface area contributed by atoms with Crippen molar-refractivity contribution in [1.29, 1.82) is 0 Å². The lowest BCUT2D eigenvalue weighted by atomic mass is 10.2. The summed E-state index contributed by atoms with van der Waals surface area (Å²) >= 11 is 1.52. The lowest BCUT2D eigenvalue weighted by molar-refractivity contribution is 0.0933. The van der Waals surface area contributed by atoms with E-state index in [1.165, 1.54) is 24.2 Å². The number of aromatic nitrogens is 1. The Hall–Kier alpha value is -0.940. The molecule has 1 unspecified atom stereocenters. The van der Waals surface area contributed by atoms with E-state index in [0.717, 1.165) is 30.6 Å². The second kappa shape index (κ2) is 4.38. The van der Waals surface area contributed by atoms with Gasteiger partial charge >= 0.3 is 0 Å². The zero-order valence-electron chi connectivity index (χ0n) is 9.98. The van der Waals surface area contributed by atoms with Gasteiger partial charge in [-0.3, -0.25) is 9.69 Å². The molecule has 92 valence electrons. The fraction of sp³-hybridized carbons (Fsp3) is 0.667. The molecule has 1 saturated carbocycles. The number of aryl methyl sites for hydroxylation is 1. The van der Waals surface area contributed by atoms with Gasteiger partial charge < -0.3 is 5.32 Å². The van der Waals surface area contributed by atoms with E-state index in [4.69, 9.17) is 0 Å². The molecule has 17 heavy (non-hydrogen) atoms. The van der Waals surface area contributed by atoms with Crippen molar-refractivity contribution in [2.75, 3.05) is 13.1 Å². The molecule has 5 heteroatoms. The molecular formula is C12H17N3OS. The second-order valence-corrected chi connectivity index (χ2v) is 6.00. The van der Waals surface area contributed by atoms with E-state index in [2.05, 4.69) is 15.2 Å². The molecule has 1 aromatic rings. The molecule has 1 aliphatic carbocycles. The van der Waals surface area contributed by atoms with Crippen LogP contribution in [0.1, 0.15) is 34.8 Å². The Morgan fingerprint density at radius 2 is 2.35 bits per heavy atom. The van der Waals surface area contributed by atoms with E-state index < -0.39 is 0 Å². The fourth-order valence-corrected chi connectivity index (χ4v) is 3.00. The topological polar surface area (TPSA) is 45.2 Å². The minimum absolute atomic E-state index is 0.0167. The molecule has 1 amide bonds. The van der Waals surface area contributed by atoms with Gasteiger partial charge in [0.1, 0.15) is 5.69 Å². The number of amides is 1. The zero-order valence-corrected chi connectivity index (χ0v) is 10.8. The van der Waals surface area contributed by atoms with Crippen LogP contribution in [0.25, 0.3) is 0 Å². The van der Waals surface area contributed by atoms with E-state index in [0.29, 0.717) is 11.7 Å². The van der Waals surface area contributed by atoms with E-state index in [-0.39, 0.29) is 5.91 Å². The Bertz CT molecular complexity index is 427. The first-order valence-corrected chi connectivity index (χ1v) is 7.07. The van der Waals surface area contributed by atoms with Crippen molar-refractivity contribution in [1.82, 2.24) is 15.2 Å². The van der Waals surface area contributed by atoms with E-state index >= 15 is 0 Å². The summed E-state index contributed by atoms with van der Waals surface area (Å²) in [6.45, 7) is 4.07. The van der Waals surface area contributed by atoms with E-state index in [9.17, 15) is 4.79 Å². The monoisotopic (exact) mass is 251 g/mol. The van der Waals surface area contributed by atoms with Gasteiger partial charge in [0.2, 0.25) is 0 Å². The highest BCUT2D eigenvalue weighted by Gasteiger charge is 2.34. The molecule has 0 bridgehead atoms. The summed E-state index contributed by atoms with van der Waals surface area (Å²) in [4.78, 5) is 18.6. The minimum Gasteiger partial charge on any atom is -0.347 e. The third-order valence-electron chi connectivity index (χ3n) is 3.47. The van der Waals surface area contributed by atoms with Crippen molar-refractivity contribution in [3.8, 4) is 0 Å². The summed E-state index contributed by atoms with van der Waals surface area (Å²) in [5.74, 6) is -0.0167. The van der Waals surface area contributed by atoms with Crippen molar-refractivity contribution in [2.45, 2.75) is 38.3 Å². The maximum absolute atomic E-state index is 11.9. The molecule has 3 rings (SSSR count). The van der Waals surface area contributed by atoms with Crippen molar-refractivity contribution in [3.63, 3.8) is 0 Å². The predicted octanol–water partition coefficient (Wildman–Crippen LogP) is 1.42. The highest BCUT2D eigenvalue weighted by molar-refractivity contribution is 7.09. The molecule has 0 spiro atoms. The predicted molar refractivity (Wildman–Crippen MR) is 67.3 cm³/mol. The molecule has 1 aromatic heterocycles. The summed E-state index contributed by atoms with van der Waals surface area (Å²) in [5.41, 5.74) is 0.567. The molecule has 0 radical (unpaired) electrons. The van der Waals surface area contributed by atoms with Crippen LogP contribution in [-0.2, 0) is 0 Å². The normalized spacial score (nSPS) is 25.1. The highest BCUT2D eigenvalue weighted by Crippen LogP contribution is 2.29. The molecule has 1 atom stereocenters. The highest BCUT2D eigenvalue weighted by atomic mass is 32.1. The molecule has 4 nitrogen and oxygen atoms in total. The van der Waals surface area contributed by atoms with Gasteiger partial charge in [0.05, 0.1) is 5.01 Å². The second-order valence-electron chi connectivity index (χ2n) is 4.94. The van der Waals surface area contributed by atoms with Gasteiger partial charge in [-0.1, -0.05) is 0 Å². The zero-order chi connectivity index (χ0) is 11.8. The quantitative estimate of drug-likeness (QED) is 0.883. The number of rotatable bonds is 3. The minimum atomic E-state index is -0.0167. The third-order valence-corrected chi connectivity index (χ3v) is 4.24. The number of carbonyl (C=O) groups is 1. The SMILES string of the molecule is Cc1nc(C(=O)NC2CCN(C3CC3)C2)cs1. The standard InChI is InChI=1S/C12H17N3OS/c1-8-13-11(7-17-8)12(16)14-9-4-5-15(6-9)10-2-3-10/h7,9-10H,2-6H2,1H3,(H,14,16). The van der Waals surface area contributed by atoms with Crippen LogP contribution >= 0.6 is 11.3 Å². The van der Waals surface area contributed by atoms with Crippen LogP contribution in [0.2, 0.25) is 0 Å². The Balaban J connectivity index is 1.55. The average Bonchev–Trinajstić information content (AvgIpc) is 2.90. The first-order chi connectivity index (χ1) is 8.22. The number of hydrogen-bond donors (Lipinski definition) is 1. The summed E-state index contributed by atoms with van der Waals surface area (Å²) < 4.78 is 0. The van der Waals surface area contributed by atoms with Crippen LogP contribution in [0.15, 0.2) is 5.38 Å². The average molecular weight is 251 g/mol. The summed E-state index contributed by atoms with van der Waals surface area (Å²) in [7, 11) is 0.